The third-order valence-electron chi connectivity index (χ3n) is 3.65. The molecule has 0 saturated heterocycles. The highest BCUT2D eigenvalue weighted by molar-refractivity contribution is 5.94. The average Bonchev–Trinajstić information content (AvgIpc) is 3.08. The predicted molar refractivity (Wildman–Crippen MR) is 88.5 cm³/mol. The first-order chi connectivity index (χ1) is 12.3. The van der Waals surface area contributed by atoms with Crippen LogP contribution in [0.4, 0.5) is 18.9 Å². The third kappa shape index (κ3) is 4.08. The van der Waals surface area contributed by atoms with Gasteiger partial charge in [-0.2, -0.15) is 18.2 Å². The van der Waals surface area contributed by atoms with Crippen LogP contribution in [0.5, 0.6) is 0 Å². The summed E-state index contributed by atoms with van der Waals surface area (Å²) in [6, 6.07) is 11.5. The van der Waals surface area contributed by atoms with Crippen LogP contribution in [0.15, 0.2) is 53.1 Å². The monoisotopic (exact) mass is 361 g/mol. The lowest BCUT2D eigenvalue weighted by Crippen LogP contribution is -2.04. The molecule has 0 spiro atoms. The minimum Gasteiger partial charge on any atom is -0.376 e. The molecule has 3 rings (SSSR count). The van der Waals surface area contributed by atoms with Crippen LogP contribution in [0.3, 0.4) is 0 Å². The molecule has 8 heteroatoms. The van der Waals surface area contributed by atoms with Crippen molar-refractivity contribution in [1.82, 2.24) is 10.1 Å². The molecule has 1 aromatic heterocycles. The van der Waals surface area contributed by atoms with Gasteiger partial charge >= 0.3 is 6.18 Å². The molecule has 0 radical (unpaired) electrons. The number of nitrogens with one attached hydrogen (secondary N) is 1. The second kappa shape index (κ2) is 6.99. The van der Waals surface area contributed by atoms with Crippen LogP contribution in [0.25, 0.3) is 11.4 Å². The molecule has 0 fully saturated rings. The molecule has 0 saturated carbocycles. The van der Waals surface area contributed by atoms with E-state index < -0.39 is 11.7 Å². The van der Waals surface area contributed by atoms with Crippen molar-refractivity contribution in [2.75, 3.05) is 5.32 Å². The van der Waals surface area contributed by atoms with Gasteiger partial charge in [0.15, 0.2) is 5.78 Å². The normalized spacial score (nSPS) is 11.4. The highest BCUT2D eigenvalue weighted by Gasteiger charge is 2.30. The van der Waals surface area contributed by atoms with Gasteiger partial charge in [0.25, 0.3) is 0 Å². The van der Waals surface area contributed by atoms with Crippen molar-refractivity contribution >= 4 is 11.5 Å². The Hall–Kier alpha value is -3.16. The smallest absolute Gasteiger partial charge is 0.376 e. The van der Waals surface area contributed by atoms with Crippen LogP contribution < -0.4 is 5.32 Å². The van der Waals surface area contributed by atoms with Crippen LogP contribution in [0, 0.1) is 0 Å². The first-order valence-corrected chi connectivity index (χ1v) is 7.68. The van der Waals surface area contributed by atoms with Gasteiger partial charge in [0, 0.05) is 16.8 Å². The number of anilines is 1. The van der Waals surface area contributed by atoms with Crippen LogP contribution in [0.2, 0.25) is 0 Å². The second-order valence-electron chi connectivity index (χ2n) is 5.58. The summed E-state index contributed by atoms with van der Waals surface area (Å²) >= 11 is 0. The van der Waals surface area contributed by atoms with E-state index in [2.05, 4.69) is 15.5 Å². The number of nitrogens with zero attached hydrogens (tertiary/aromatic N) is 2. The number of alkyl halides is 3. The number of halogens is 3. The van der Waals surface area contributed by atoms with E-state index in [1.54, 1.807) is 24.3 Å². The molecule has 0 aliphatic rings. The van der Waals surface area contributed by atoms with Crippen LogP contribution in [0.1, 0.15) is 28.7 Å². The zero-order valence-electron chi connectivity index (χ0n) is 13.7. The summed E-state index contributed by atoms with van der Waals surface area (Å²) in [5.41, 5.74) is 0.974. The first kappa shape index (κ1) is 17.7. The molecule has 0 unspecified atom stereocenters. The number of hydrogen-bond donors (Lipinski definition) is 1. The van der Waals surface area contributed by atoms with Gasteiger partial charge in [-0.15, -0.1) is 0 Å². The number of Topliss-reactive ketones (excluding diaryl/α,β-unsaturated/α-hetero) is 1. The molecular formula is C18H14F3N3O2. The second-order valence-corrected chi connectivity index (χ2v) is 5.58. The Labute approximate surface area is 146 Å². The SMILES string of the molecule is CC(=O)c1cccc(NCc2nc(-c3ccc(C(F)(F)F)cc3)no2)c1. The van der Waals surface area contributed by atoms with Crippen LogP contribution in [-0.4, -0.2) is 15.9 Å². The number of hydrogen-bond acceptors (Lipinski definition) is 5. The van der Waals surface area contributed by atoms with Gasteiger partial charge in [0.2, 0.25) is 11.7 Å². The van der Waals surface area contributed by atoms with E-state index in [4.69, 9.17) is 4.52 Å². The van der Waals surface area contributed by atoms with Crippen molar-refractivity contribution in [3.8, 4) is 11.4 Å². The van der Waals surface area contributed by atoms with Crippen molar-refractivity contribution in [3.63, 3.8) is 0 Å². The third-order valence-corrected chi connectivity index (χ3v) is 3.65. The van der Waals surface area contributed by atoms with Crippen molar-refractivity contribution in [3.05, 3.63) is 65.5 Å². The predicted octanol–water partition coefficient (Wildman–Crippen LogP) is 4.57. The van der Waals surface area contributed by atoms with Gasteiger partial charge in [-0.05, 0) is 31.2 Å². The lowest BCUT2D eigenvalue weighted by molar-refractivity contribution is -0.137. The summed E-state index contributed by atoms with van der Waals surface area (Å²) in [7, 11) is 0. The van der Waals surface area contributed by atoms with Gasteiger partial charge in [-0.3, -0.25) is 4.79 Å². The molecule has 5 nitrogen and oxygen atoms in total. The quantitative estimate of drug-likeness (QED) is 0.674. The molecule has 0 bridgehead atoms. The van der Waals surface area contributed by atoms with E-state index >= 15 is 0 Å². The summed E-state index contributed by atoms with van der Waals surface area (Å²) in [5.74, 6) is 0.428. The lowest BCUT2D eigenvalue weighted by Gasteiger charge is -2.05. The molecule has 0 aliphatic heterocycles. The van der Waals surface area contributed by atoms with Gasteiger partial charge in [0.1, 0.15) is 0 Å². The van der Waals surface area contributed by atoms with E-state index in [0.29, 0.717) is 16.8 Å². The van der Waals surface area contributed by atoms with E-state index in [1.807, 2.05) is 0 Å². The molecule has 26 heavy (non-hydrogen) atoms. The number of rotatable bonds is 5. The fourth-order valence-corrected chi connectivity index (χ4v) is 2.28. The largest absolute Gasteiger partial charge is 0.416 e. The Morgan fingerprint density at radius 2 is 1.88 bits per heavy atom. The Morgan fingerprint density at radius 1 is 1.15 bits per heavy atom. The van der Waals surface area contributed by atoms with Crippen molar-refractivity contribution < 1.29 is 22.5 Å². The first-order valence-electron chi connectivity index (χ1n) is 7.68. The Morgan fingerprint density at radius 3 is 2.54 bits per heavy atom. The van der Waals surface area contributed by atoms with Crippen molar-refractivity contribution in [2.24, 2.45) is 0 Å². The lowest BCUT2D eigenvalue weighted by atomic mass is 10.1. The average molecular weight is 361 g/mol. The summed E-state index contributed by atoms with van der Waals surface area (Å²) in [6.07, 6.45) is -4.39. The van der Waals surface area contributed by atoms with E-state index in [0.717, 1.165) is 12.1 Å². The molecule has 0 amide bonds. The van der Waals surface area contributed by atoms with Crippen molar-refractivity contribution in [1.29, 1.82) is 0 Å². The summed E-state index contributed by atoms with van der Waals surface area (Å²) in [5, 5.41) is 6.83. The zero-order chi connectivity index (χ0) is 18.7. The minimum atomic E-state index is -4.39. The molecule has 1 N–H and O–H groups in total. The molecular weight excluding hydrogens is 347 g/mol. The summed E-state index contributed by atoms with van der Waals surface area (Å²) in [4.78, 5) is 15.5. The maximum absolute atomic E-state index is 12.6. The Balaban J connectivity index is 1.68. The zero-order valence-corrected chi connectivity index (χ0v) is 13.7. The maximum atomic E-state index is 12.6. The van der Waals surface area contributed by atoms with Crippen LogP contribution in [-0.2, 0) is 12.7 Å². The Kier molecular flexibility index (Phi) is 4.75. The minimum absolute atomic E-state index is 0.0453. The van der Waals surface area contributed by atoms with Gasteiger partial charge < -0.3 is 9.84 Å². The topological polar surface area (TPSA) is 68.0 Å². The van der Waals surface area contributed by atoms with Crippen LogP contribution >= 0.6 is 0 Å². The number of benzene rings is 2. The highest BCUT2D eigenvalue weighted by atomic mass is 19.4. The molecule has 2 aromatic carbocycles. The molecule has 0 atom stereocenters. The van der Waals surface area contributed by atoms with Gasteiger partial charge in [-0.1, -0.05) is 29.4 Å². The number of carbonyl (C=O) groups is 1. The molecule has 1 heterocycles. The van der Waals surface area contributed by atoms with Gasteiger partial charge in [0.05, 0.1) is 12.1 Å². The fourth-order valence-electron chi connectivity index (χ4n) is 2.28. The fraction of sp³-hybridized carbons (Fsp3) is 0.167. The maximum Gasteiger partial charge on any atom is 0.416 e. The van der Waals surface area contributed by atoms with E-state index in [1.165, 1.54) is 19.1 Å². The van der Waals surface area contributed by atoms with Gasteiger partial charge in [-0.25, -0.2) is 0 Å². The molecule has 0 aliphatic carbocycles. The number of carbonyl (C=O) groups excluding carboxylic acids is 1. The van der Waals surface area contributed by atoms with Crippen molar-refractivity contribution in [2.45, 2.75) is 19.6 Å². The standard InChI is InChI=1S/C18H14F3N3O2/c1-11(25)13-3-2-4-15(9-13)22-10-16-23-17(24-26-16)12-5-7-14(8-6-12)18(19,20)21/h2-9,22H,10H2,1H3. The summed E-state index contributed by atoms with van der Waals surface area (Å²) < 4.78 is 42.9. The highest BCUT2D eigenvalue weighted by Crippen LogP contribution is 2.30. The van der Waals surface area contributed by atoms with E-state index in [9.17, 15) is 18.0 Å². The Bertz CT molecular complexity index is 918. The molecule has 3 aromatic rings. The summed E-state index contributed by atoms with van der Waals surface area (Å²) in [6.45, 7) is 1.70. The van der Waals surface area contributed by atoms with E-state index in [-0.39, 0.29) is 24.0 Å². The number of aromatic nitrogens is 2. The number of ketones is 1. The molecule has 134 valence electrons.